The van der Waals surface area contributed by atoms with Crippen molar-refractivity contribution in [3.05, 3.63) is 84.2 Å². The summed E-state index contributed by atoms with van der Waals surface area (Å²) >= 11 is 1.29. The molecule has 0 bridgehead atoms. The van der Waals surface area contributed by atoms with Crippen LogP contribution in [0.15, 0.2) is 73.1 Å². The van der Waals surface area contributed by atoms with Crippen molar-refractivity contribution in [1.82, 2.24) is 15.2 Å². The van der Waals surface area contributed by atoms with Gasteiger partial charge in [0.15, 0.2) is 11.5 Å². The van der Waals surface area contributed by atoms with E-state index < -0.39 is 0 Å². The number of carbonyl (C=O) groups excluding carboxylic acids is 1. The number of rotatable bonds is 8. The van der Waals surface area contributed by atoms with E-state index in [0.717, 1.165) is 12.0 Å². The molecule has 162 valence electrons. The molecule has 0 fully saturated rings. The van der Waals surface area contributed by atoms with Crippen molar-refractivity contribution >= 4 is 22.4 Å². The van der Waals surface area contributed by atoms with E-state index in [1.54, 1.807) is 37.7 Å². The number of benzene rings is 2. The number of methoxy groups -OCH3 is 1. The number of nitrogens with zero attached hydrogens (tertiary/aromatic N) is 3. The summed E-state index contributed by atoms with van der Waals surface area (Å²) in [5, 5.41) is 12.1. The van der Waals surface area contributed by atoms with Crippen LogP contribution in [0, 0.1) is 0 Å². The second-order valence-electron chi connectivity index (χ2n) is 7.09. The quantitative estimate of drug-likeness (QED) is 0.416. The van der Waals surface area contributed by atoms with Gasteiger partial charge in [-0.3, -0.25) is 15.1 Å². The molecule has 0 spiro atoms. The first-order valence-electron chi connectivity index (χ1n) is 10.1. The van der Waals surface area contributed by atoms with Crippen LogP contribution in [0.1, 0.15) is 22.8 Å². The molecular formula is C24H22N4O3S. The average Bonchev–Trinajstić information content (AvgIpc) is 3.29. The van der Waals surface area contributed by atoms with Crippen LogP contribution in [-0.4, -0.2) is 34.3 Å². The molecule has 0 radical (unpaired) electrons. The third-order valence-corrected chi connectivity index (χ3v) is 5.58. The van der Waals surface area contributed by atoms with Gasteiger partial charge < -0.3 is 9.47 Å². The van der Waals surface area contributed by atoms with Crippen molar-refractivity contribution < 1.29 is 14.3 Å². The molecule has 2 aromatic heterocycles. The third kappa shape index (κ3) is 5.28. The highest BCUT2D eigenvalue weighted by molar-refractivity contribution is 7.18. The van der Waals surface area contributed by atoms with Crippen molar-refractivity contribution in [3.63, 3.8) is 0 Å². The largest absolute Gasteiger partial charge is 0.493 e. The Bertz CT molecular complexity index is 1180. The zero-order valence-electron chi connectivity index (χ0n) is 17.7. The third-order valence-electron chi connectivity index (χ3n) is 4.69. The fourth-order valence-corrected chi connectivity index (χ4v) is 3.91. The maximum absolute atomic E-state index is 12.7. The van der Waals surface area contributed by atoms with Crippen LogP contribution in [-0.2, 0) is 6.42 Å². The van der Waals surface area contributed by atoms with E-state index in [-0.39, 0.29) is 12.0 Å². The van der Waals surface area contributed by atoms with E-state index in [9.17, 15) is 4.79 Å². The van der Waals surface area contributed by atoms with Gasteiger partial charge in [0.1, 0.15) is 11.1 Å². The molecule has 0 unspecified atom stereocenters. The highest BCUT2D eigenvalue weighted by Gasteiger charge is 2.16. The predicted octanol–water partition coefficient (Wildman–Crippen LogP) is 4.87. The lowest BCUT2D eigenvalue weighted by Crippen LogP contribution is -2.16. The molecule has 1 atom stereocenters. The van der Waals surface area contributed by atoms with E-state index in [4.69, 9.17) is 9.47 Å². The Labute approximate surface area is 190 Å². The fraction of sp³-hybridized carbons (Fsp3) is 0.167. The molecule has 1 N–H and O–H groups in total. The van der Waals surface area contributed by atoms with Gasteiger partial charge in [0.05, 0.1) is 7.11 Å². The molecule has 2 heterocycles. The Balaban J connectivity index is 1.43. The molecule has 0 aliphatic rings. The van der Waals surface area contributed by atoms with Gasteiger partial charge in [-0.1, -0.05) is 41.7 Å². The SMILES string of the molecule is COc1cc(C(=O)Nc2nnc(-c3ccncc3)s2)ccc1O[C@@H](C)Cc1ccccc1. The Morgan fingerprint density at radius 1 is 1.03 bits per heavy atom. The molecule has 0 aliphatic carbocycles. The minimum atomic E-state index is -0.301. The van der Waals surface area contributed by atoms with E-state index in [0.29, 0.717) is 27.2 Å². The van der Waals surface area contributed by atoms with E-state index >= 15 is 0 Å². The van der Waals surface area contributed by atoms with Crippen LogP contribution >= 0.6 is 11.3 Å². The maximum atomic E-state index is 12.7. The summed E-state index contributed by atoms with van der Waals surface area (Å²) in [4.78, 5) is 16.7. The first kappa shape index (κ1) is 21.5. The number of pyridine rings is 1. The fourth-order valence-electron chi connectivity index (χ4n) is 3.16. The zero-order valence-corrected chi connectivity index (χ0v) is 18.5. The minimum Gasteiger partial charge on any atom is -0.493 e. The summed E-state index contributed by atoms with van der Waals surface area (Å²) in [6, 6.07) is 18.9. The molecule has 0 aliphatic heterocycles. The number of aromatic nitrogens is 3. The van der Waals surface area contributed by atoms with Gasteiger partial charge in [-0.25, -0.2) is 0 Å². The molecule has 4 aromatic rings. The number of anilines is 1. The van der Waals surface area contributed by atoms with Gasteiger partial charge in [-0.2, -0.15) is 0 Å². The van der Waals surface area contributed by atoms with Crippen molar-refractivity contribution in [2.24, 2.45) is 0 Å². The van der Waals surface area contributed by atoms with Gasteiger partial charge in [-0.05, 0) is 42.8 Å². The van der Waals surface area contributed by atoms with E-state index in [2.05, 4.69) is 32.6 Å². The Morgan fingerprint density at radius 2 is 1.81 bits per heavy atom. The lowest BCUT2D eigenvalue weighted by Gasteiger charge is -2.17. The summed E-state index contributed by atoms with van der Waals surface area (Å²) in [5.74, 6) is 0.778. The molecule has 2 aromatic carbocycles. The molecular weight excluding hydrogens is 424 g/mol. The zero-order chi connectivity index (χ0) is 22.3. The lowest BCUT2D eigenvalue weighted by molar-refractivity contribution is 0.102. The predicted molar refractivity (Wildman–Crippen MR) is 124 cm³/mol. The smallest absolute Gasteiger partial charge is 0.257 e. The number of hydrogen-bond acceptors (Lipinski definition) is 7. The van der Waals surface area contributed by atoms with Crippen LogP contribution in [0.5, 0.6) is 11.5 Å². The van der Waals surface area contributed by atoms with Crippen molar-refractivity contribution in [1.29, 1.82) is 0 Å². The van der Waals surface area contributed by atoms with Crippen LogP contribution in [0.25, 0.3) is 10.6 Å². The highest BCUT2D eigenvalue weighted by Crippen LogP contribution is 2.30. The minimum absolute atomic E-state index is 0.0565. The molecule has 1 amide bonds. The van der Waals surface area contributed by atoms with Gasteiger partial charge >= 0.3 is 0 Å². The van der Waals surface area contributed by atoms with Crippen LogP contribution in [0.4, 0.5) is 5.13 Å². The van der Waals surface area contributed by atoms with Gasteiger partial charge in [0.2, 0.25) is 5.13 Å². The summed E-state index contributed by atoms with van der Waals surface area (Å²) in [5.41, 5.74) is 2.52. The molecule has 0 saturated carbocycles. The lowest BCUT2D eigenvalue weighted by atomic mass is 10.1. The average molecular weight is 447 g/mol. The Kier molecular flexibility index (Phi) is 6.72. The summed E-state index contributed by atoms with van der Waals surface area (Å²) in [6.07, 6.45) is 4.08. The Morgan fingerprint density at radius 3 is 2.56 bits per heavy atom. The van der Waals surface area contributed by atoms with Crippen molar-refractivity contribution in [3.8, 4) is 22.1 Å². The molecule has 0 saturated heterocycles. The van der Waals surface area contributed by atoms with E-state index in [1.807, 2.05) is 37.3 Å². The summed E-state index contributed by atoms with van der Waals surface area (Å²) in [6.45, 7) is 2.00. The molecule has 7 nitrogen and oxygen atoms in total. The first-order chi connectivity index (χ1) is 15.6. The Hall–Kier alpha value is -3.78. The van der Waals surface area contributed by atoms with Crippen molar-refractivity contribution in [2.75, 3.05) is 12.4 Å². The second kappa shape index (κ2) is 10.0. The maximum Gasteiger partial charge on any atom is 0.257 e. The van der Waals surface area contributed by atoms with Gasteiger partial charge in [0.25, 0.3) is 5.91 Å². The number of ether oxygens (including phenoxy) is 2. The second-order valence-corrected chi connectivity index (χ2v) is 8.06. The number of hydrogen-bond donors (Lipinski definition) is 1. The molecule has 32 heavy (non-hydrogen) atoms. The standard InChI is InChI=1S/C24H22N4O3S/c1-16(14-17-6-4-3-5-7-17)31-20-9-8-19(15-21(20)30-2)22(29)26-24-28-27-23(32-24)18-10-12-25-13-11-18/h3-13,15-16H,14H2,1-2H3,(H,26,28,29)/t16-/m0/s1. The number of amides is 1. The van der Waals surface area contributed by atoms with Crippen LogP contribution < -0.4 is 14.8 Å². The number of carbonyl (C=O) groups is 1. The van der Waals surface area contributed by atoms with Crippen LogP contribution in [0.2, 0.25) is 0 Å². The topological polar surface area (TPSA) is 86.2 Å². The molecule has 8 heteroatoms. The highest BCUT2D eigenvalue weighted by atomic mass is 32.1. The normalized spacial score (nSPS) is 11.6. The number of nitrogens with one attached hydrogen (secondary N) is 1. The molecule has 4 rings (SSSR count). The van der Waals surface area contributed by atoms with E-state index in [1.165, 1.54) is 16.9 Å². The van der Waals surface area contributed by atoms with Crippen molar-refractivity contribution in [2.45, 2.75) is 19.4 Å². The monoisotopic (exact) mass is 446 g/mol. The summed E-state index contributed by atoms with van der Waals surface area (Å²) in [7, 11) is 1.55. The van der Waals surface area contributed by atoms with Gasteiger partial charge in [-0.15, -0.1) is 10.2 Å². The van der Waals surface area contributed by atoms with Crippen LogP contribution in [0.3, 0.4) is 0 Å². The first-order valence-corrected chi connectivity index (χ1v) is 10.9. The summed E-state index contributed by atoms with van der Waals surface area (Å²) < 4.78 is 11.5. The van der Waals surface area contributed by atoms with Gasteiger partial charge in [0, 0.05) is 29.9 Å².